The average Bonchev–Trinajstić information content (AvgIpc) is 3.50. The number of carbonyl (C=O) groups excluding carboxylic acids is 2. The van der Waals surface area contributed by atoms with Crippen molar-refractivity contribution < 1.29 is 18.7 Å². The largest absolute Gasteiger partial charge is 0.467 e. The van der Waals surface area contributed by atoms with Crippen molar-refractivity contribution in [2.75, 3.05) is 13.7 Å². The van der Waals surface area contributed by atoms with Crippen LogP contribution in [0.2, 0.25) is 0 Å². The first kappa shape index (κ1) is 24.3. The summed E-state index contributed by atoms with van der Waals surface area (Å²) in [5, 5.41) is 3.07. The fraction of sp³-hybridized carbons (Fsp3) is 0.577. The second kappa shape index (κ2) is 11.5. The van der Waals surface area contributed by atoms with Crippen LogP contribution >= 0.6 is 0 Å². The van der Waals surface area contributed by atoms with Gasteiger partial charge >= 0.3 is 0 Å². The van der Waals surface area contributed by atoms with E-state index in [2.05, 4.69) is 5.32 Å². The Kier molecular flexibility index (Phi) is 8.21. The molecule has 2 aromatic rings. The molecule has 8 nitrogen and oxygen atoms in total. The number of pyridine rings is 1. The Bertz CT molecular complexity index is 1020. The van der Waals surface area contributed by atoms with Gasteiger partial charge in [-0.05, 0) is 37.8 Å². The molecule has 1 saturated carbocycles. The van der Waals surface area contributed by atoms with Gasteiger partial charge in [0.15, 0.2) is 0 Å². The Hall–Kier alpha value is -2.87. The first-order chi connectivity index (χ1) is 16.5. The van der Waals surface area contributed by atoms with Crippen molar-refractivity contribution in [3.05, 3.63) is 57.9 Å². The summed E-state index contributed by atoms with van der Waals surface area (Å²) in [7, 11) is 1.62. The molecule has 1 saturated heterocycles. The van der Waals surface area contributed by atoms with Crippen molar-refractivity contribution in [1.82, 2.24) is 14.8 Å². The van der Waals surface area contributed by atoms with Crippen LogP contribution in [0.1, 0.15) is 84.3 Å². The number of ether oxygens (including phenoxy) is 1. The maximum atomic E-state index is 13.3. The van der Waals surface area contributed by atoms with Crippen LogP contribution in [0.15, 0.2) is 40.0 Å². The van der Waals surface area contributed by atoms with Gasteiger partial charge in [-0.3, -0.25) is 14.4 Å². The second-order valence-electron chi connectivity index (χ2n) is 9.50. The third kappa shape index (κ3) is 6.17. The molecule has 0 bridgehead atoms. The summed E-state index contributed by atoms with van der Waals surface area (Å²) >= 11 is 0. The predicted octanol–water partition coefficient (Wildman–Crippen LogP) is 3.74. The van der Waals surface area contributed by atoms with E-state index in [1.807, 2.05) is 0 Å². The molecule has 184 valence electrons. The number of hydrogen-bond acceptors (Lipinski definition) is 5. The van der Waals surface area contributed by atoms with E-state index in [0.29, 0.717) is 18.9 Å². The number of hydrogen-bond donors (Lipinski definition) is 1. The SMILES string of the molecule is CN(Cc1ccco1)C(=O)c1cn(C[C@@H]2CCCO2)cc(C(=O)NC2CCCCCCC2)c1=O. The van der Waals surface area contributed by atoms with Gasteiger partial charge in [-0.2, -0.15) is 0 Å². The Morgan fingerprint density at radius 1 is 1.06 bits per heavy atom. The summed E-state index contributed by atoms with van der Waals surface area (Å²) in [4.78, 5) is 41.2. The Morgan fingerprint density at radius 3 is 2.47 bits per heavy atom. The van der Waals surface area contributed by atoms with E-state index < -0.39 is 17.2 Å². The summed E-state index contributed by atoms with van der Waals surface area (Å²) in [6.45, 7) is 1.43. The monoisotopic (exact) mass is 469 g/mol. The van der Waals surface area contributed by atoms with E-state index in [9.17, 15) is 14.4 Å². The van der Waals surface area contributed by atoms with Gasteiger partial charge < -0.3 is 23.9 Å². The minimum absolute atomic E-state index is 0.00724. The average molecular weight is 470 g/mol. The highest BCUT2D eigenvalue weighted by molar-refractivity contribution is 5.99. The zero-order valence-electron chi connectivity index (χ0n) is 20.0. The smallest absolute Gasteiger partial charge is 0.259 e. The fourth-order valence-corrected chi connectivity index (χ4v) is 4.85. The zero-order valence-corrected chi connectivity index (χ0v) is 20.0. The second-order valence-corrected chi connectivity index (χ2v) is 9.50. The molecule has 1 N–H and O–H groups in total. The van der Waals surface area contributed by atoms with Crippen LogP contribution in [0.3, 0.4) is 0 Å². The standard InChI is InChI=1S/C26H35N3O5/c1-28(15-20-11-7-13-33-20)26(32)23-18-29(16-21-12-8-14-34-21)17-22(24(23)30)25(31)27-19-9-5-3-2-4-6-10-19/h7,11,13,17-19,21H,2-6,8-10,12,14-16H2,1H3,(H,27,31)/t21-/m0/s1. The van der Waals surface area contributed by atoms with Crippen LogP contribution < -0.4 is 10.7 Å². The Morgan fingerprint density at radius 2 is 1.79 bits per heavy atom. The summed E-state index contributed by atoms with van der Waals surface area (Å²) < 4.78 is 12.8. The van der Waals surface area contributed by atoms with Gasteiger partial charge in [-0.15, -0.1) is 0 Å². The summed E-state index contributed by atoms with van der Waals surface area (Å²) in [6.07, 6.45) is 14.1. The van der Waals surface area contributed by atoms with E-state index >= 15 is 0 Å². The van der Waals surface area contributed by atoms with E-state index in [1.165, 1.54) is 24.2 Å². The molecule has 34 heavy (non-hydrogen) atoms. The predicted molar refractivity (Wildman–Crippen MR) is 128 cm³/mol. The van der Waals surface area contributed by atoms with Gasteiger partial charge in [-0.1, -0.05) is 32.1 Å². The van der Waals surface area contributed by atoms with E-state index in [0.717, 1.165) is 38.5 Å². The highest BCUT2D eigenvalue weighted by Gasteiger charge is 2.25. The lowest BCUT2D eigenvalue weighted by Crippen LogP contribution is -2.40. The van der Waals surface area contributed by atoms with Crippen LogP contribution in [-0.4, -0.2) is 47.1 Å². The molecule has 1 atom stereocenters. The zero-order chi connectivity index (χ0) is 23.9. The molecule has 2 fully saturated rings. The summed E-state index contributed by atoms with van der Waals surface area (Å²) in [5.41, 5.74) is -0.544. The number of nitrogens with zero attached hydrogens (tertiary/aromatic N) is 2. The first-order valence-corrected chi connectivity index (χ1v) is 12.5. The van der Waals surface area contributed by atoms with E-state index in [4.69, 9.17) is 9.15 Å². The molecule has 3 heterocycles. The molecule has 0 unspecified atom stereocenters. The number of nitrogens with one attached hydrogen (secondary N) is 1. The minimum atomic E-state index is -0.539. The molecule has 0 radical (unpaired) electrons. The third-order valence-electron chi connectivity index (χ3n) is 6.75. The molecular weight excluding hydrogens is 434 g/mol. The maximum Gasteiger partial charge on any atom is 0.259 e. The number of rotatable bonds is 7. The molecule has 2 amide bonds. The van der Waals surface area contributed by atoms with E-state index in [1.54, 1.807) is 42.4 Å². The minimum Gasteiger partial charge on any atom is -0.467 e. The van der Waals surface area contributed by atoms with Gasteiger partial charge in [0.05, 0.1) is 18.9 Å². The van der Waals surface area contributed by atoms with Crippen LogP contribution in [0.25, 0.3) is 0 Å². The fourth-order valence-electron chi connectivity index (χ4n) is 4.85. The Labute approximate surface area is 200 Å². The maximum absolute atomic E-state index is 13.3. The van der Waals surface area contributed by atoms with Gasteiger partial charge in [0, 0.05) is 38.6 Å². The van der Waals surface area contributed by atoms with Crippen molar-refractivity contribution in [3.63, 3.8) is 0 Å². The van der Waals surface area contributed by atoms with Crippen molar-refractivity contribution in [2.45, 2.75) is 83.0 Å². The first-order valence-electron chi connectivity index (χ1n) is 12.5. The number of furan rings is 1. The normalized spacial score (nSPS) is 19.4. The molecule has 2 aliphatic rings. The van der Waals surface area contributed by atoms with Crippen LogP contribution in [0.4, 0.5) is 0 Å². The van der Waals surface area contributed by atoms with Gasteiger partial charge in [0.2, 0.25) is 5.43 Å². The summed E-state index contributed by atoms with van der Waals surface area (Å²) in [5.74, 6) is -0.225. The molecule has 2 aromatic heterocycles. The highest BCUT2D eigenvalue weighted by atomic mass is 16.5. The topological polar surface area (TPSA) is 93.8 Å². The van der Waals surface area contributed by atoms with Gasteiger partial charge in [-0.25, -0.2) is 0 Å². The van der Waals surface area contributed by atoms with Crippen LogP contribution in [-0.2, 0) is 17.8 Å². The molecule has 1 aliphatic heterocycles. The van der Waals surface area contributed by atoms with Crippen molar-refractivity contribution in [2.24, 2.45) is 0 Å². The molecule has 8 heteroatoms. The number of aromatic nitrogens is 1. The van der Waals surface area contributed by atoms with E-state index in [-0.39, 0.29) is 29.8 Å². The molecule has 1 aliphatic carbocycles. The quantitative estimate of drug-likeness (QED) is 0.667. The third-order valence-corrected chi connectivity index (χ3v) is 6.75. The van der Waals surface area contributed by atoms with Crippen molar-refractivity contribution in [3.8, 4) is 0 Å². The lowest BCUT2D eigenvalue weighted by molar-refractivity contribution is 0.0770. The Balaban J connectivity index is 1.59. The van der Waals surface area contributed by atoms with Gasteiger partial charge in [0.25, 0.3) is 11.8 Å². The van der Waals surface area contributed by atoms with Crippen LogP contribution in [0.5, 0.6) is 0 Å². The molecular formula is C26H35N3O5. The molecule has 0 spiro atoms. The number of amides is 2. The lowest BCUT2D eigenvalue weighted by atomic mass is 9.96. The lowest BCUT2D eigenvalue weighted by Gasteiger charge is -2.22. The van der Waals surface area contributed by atoms with Crippen molar-refractivity contribution >= 4 is 11.8 Å². The van der Waals surface area contributed by atoms with Crippen molar-refractivity contribution in [1.29, 1.82) is 0 Å². The van der Waals surface area contributed by atoms with Gasteiger partial charge in [0.1, 0.15) is 16.9 Å². The van der Waals surface area contributed by atoms with Crippen LogP contribution in [0, 0.1) is 0 Å². The highest BCUT2D eigenvalue weighted by Crippen LogP contribution is 2.18. The summed E-state index contributed by atoms with van der Waals surface area (Å²) in [6, 6.07) is 3.58. The molecule has 4 rings (SSSR count). The number of carbonyl (C=O) groups is 2. The molecule has 0 aromatic carbocycles.